The Kier molecular flexibility index (Phi) is 3.98. The molecule has 2 heterocycles. The average molecular weight is 319 g/mol. The number of benzene rings is 1. The second-order valence-corrected chi connectivity index (χ2v) is 5.67. The molecular formula is C16H16ClFN4. The van der Waals surface area contributed by atoms with E-state index in [0.29, 0.717) is 17.1 Å². The summed E-state index contributed by atoms with van der Waals surface area (Å²) < 4.78 is 17.1. The fourth-order valence-corrected chi connectivity index (χ4v) is 2.61. The molecule has 0 saturated heterocycles. The van der Waals surface area contributed by atoms with Crippen molar-refractivity contribution >= 4 is 11.6 Å². The van der Waals surface area contributed by atoms with Gasteiger partial charge in [-0.3, -0.25) is 9.36 Å². The predicted molar refractivity (Wildman–Crippen MR) is 84.5 cm³/mol. The van der Waals surface area contributed by atoms with Gasteiger partial charge in [-0.15, -0.1) is 0 Å². The van der Waals surface area contributed by atoms with Crippen LogP contribution < -0.4 is 0 Å². The Morgan fingerprint density at radius 2 is 2.09 bits per heavy atom. The van der Waals surface area contributed by atoms with Gasteiger partial charge in [0.05, 0.1) is 18.4 Å². The van der Waals surface area contributed by atoms with Gasteiger partial charge >= 0.3 is 0 Å². The minimum Gasteiger partial charge on any atom is -0.275 e. The average Bonchev–Trinajstić information content (AvgIpc) is 3.09. The van der Waals surface area contributed by atoms with E-state index in [-0.39, 0.29) is 0 Å². The van der Waals surface area contributed by atoms with Crippen LogP contribution >= 0.6 is 11.6 Å². The van der Waals surface area contributed by atoms with Gasteiger partial charge in [-0.2, -0.15) is 10.2 Å². The lowest BCUT2D eigenvalue weighted by molar-refractivity contribution is 0.374. The van der Waals surface area contributed by atoms with Gasteiger partial charge in [0.15, 0.2) is 0 Å². The molecule has 0 bridgehead atoms. The molecule has 4 nitrogen and oxygen atoms in total. The fourth-order valence-electron chi connectivity index (χ4n) is 2.34. The zero-order chi connectivity index (χ0) is 15.7. The molecular weight excluding hydrogens is 303 g/mol. The van der Waals surface area contributed by atoms with Crippen LogP contribution in [-0.4, -0.2) is 19.6 Å². The monoisotopic (exact) mass is 318 g/mol. The summed E-state index contributed by atoms with van der Waals surface area (Å²) in [7, 11) is 1.88. The van der Waals surface area contributed by atoms with Crippen molar-refractivity contribution in [1.29, 1.82) is 0 Å². The van der Waals surface area contributed by atoms with Crippen LogP contribution in [0.3, 0.4) is 0 Å². The molecule has 1 atom stereocenters. The summed E-state index contributed by atoms with van der Waals surface area (Å²) in [5.41, 5.74) is 3.26. The second kappa shape index (κ2) is 5.93. The number of rotatable bonds is 4. The number of hydrogen-bond acceptors (Lipinski definition) is 2. The van der Waals surface area contributed by atoms with Crippen LogP contribution in [-0.2, 0) is 13.6 Å². The van der Waals surface area contributed by atoms with Crippen molar-refractivity contribution in [3.8, 4) is 11.1 Å². The van der Waals surface area contributed by atoms with Gasteiger partial charge < -0.3 is 0 Å². The van der Waals surface area contributed by atoms with Gasteiger partial charge in [0.25, 0.3) is 0 Å². The molecule has 0 amide bonds. The molecule has 3 rings (SSSR count). The Labute approximate surface area is 133 Å². The summed E-state index contributed by atoms with van der Waals surface area (Å²) in [6.45, 7) is 2.08. The zero-order valence-electron chi connectivity index (χ0n) is 12.4. The number of halogens is 2. The van der Waals surface area contributed by atoms with Crippen molar-refractivity contribution in [3.63, 3.8) is 0 Å². The Balaban J connectivity index is 1.86. The highest BCUT2D eigenvalue weighted by molar-refractivity contribution is 6.31. The van der Waals surface area contributed by atoms with Crippen molar-refractivity contribution in [1.82, 2.24) is 19.6 Å². The topological polar surface area (TPSA) is 35.6 Å². The first kappa shape index (κ1) is 14.8. The third kappa shape index (κ3) is 3.04. The molecule has 0 saturated carbocycles. The summed E-state index contributed by atoms with van der Waals surface area (Å²) in [4.78, 5) is 0. The summed E-state index contributed by atoms with van der Waals surface area (Å²) in [6, 6.07) is 7.32. The number of nitrogens with zero attached hydrogens (tertiary/aromatic N) is 4. The highest BCUT2D eigenvalue weighted by Gasteiger charge is 2.11. The van der Waals surface area contributed by atoms with Crippen LogP contribution in [0.5, 0.6) is 0 Å². The maximum atomic E-state index is 13.6. The van der Waals surface area contributed by atoms with Crippen molar-refractivity contribution < 1.29 is 4.39 Å². The number of alkyl halides is 1. The third-order valence-corrected chi connectivity index (χ3v) is 3.83. The number of aryl methyl sites for hydroxylation is 1. The lowest BCUT2D eigenvalue weighted by Crippen LogP contribution is -2.01. The first-order valence-electron chi connectivity index (χ1n) is 6.98. The highest BCUT2D eigenvalue weighted by Crippen LogP contribution is 2.30. The van der Waals surface area contributed by atoms with Gasteiger partial charge in [-0.05, 0) is 30.7 Å². The van der Waals surface area contributed by atoms with Gasteiger partial charge in [0.2, 0.25) is 0 Å². The maximum Gasteiger partial charge on any atom is 0.124 e. The molecule has 0 fully saturated rings. The summed E-state index contributed by atoms with van der Waals surface area (Å²) in [5.74, 6) is 0. The van der Waals surface area contributed by atoms with Crippen molar-refractivity contribution in [2.75, 3.05) is 0 Å². The van der Waals surface area contributed by atoms with E-state index in [1.807, 2.05) is 36.3 Å². The molecule has 0 aliphatic rings. The maximum absolute atomic E-state index is 13.6. The zero-order valence-corrected chi connectivity index (χ0v) is 13.1. The minimum atomic E-state index is -1.10. The van der Waals surface area contributed by atoms with E-state index in [9.17, 15) is 4.39 Å². The molecule has 0 aliphatic carbocycles. The first-order valence-corrected chi connectivity index (χ1v) is 7.35. The van der Waals surface area contributed by atoms with Crippen LogP contribution in [0.1, 0.15) is 24.4 Å². The smallest absolute Gasteiger partial charge is 0.124 e. The Bertz CT molecular complexity index is 791. The minimum absolute atomic E-state index is 0.444. The van der Waals surface area contributed by atoms with Crippen LogP contribution in [0.25, 0.3) is 11.1 Å². The summed E-state index contributed by atoms with van der Waals surface area (Å²) >= 11 is 6.02. The van der Waals surface area contributed by atoms with E-state index in [1.165, 1.54) is 6.92 Å². The second-order valence-electron chi connectivity index (χ2n) is 5.26. The largest absolute Gasteiger partial charge is 0.275 e. The Morgan fingerprint density at radius 1 is 1.27 bits per heavy atom. The quantitative estimate of drug-likeness (QED) is 0.728. The molecule has 0 N–H and O–H groups in total. The van der Waals surface area contributed by atoms with Gasteiger partial charge in [-0.1, -0.05) is 17.7 Å². The van der Waals surface area contributed by atoms with Crippen LogP contribution in [0, 0.1) is 0 Å². The predicted octanol–water partition coefficient (Wildman–Crippen LogP) is 4.02. The molecule has 0 radical (unpaired) electrons. The molecule has 2 aromatic heterocycles. The molecule has 3 aromatic rings. The Hall–Kier alpha value is -2.14. The molecule has 0 aliphatic heterocycles. The molecule has 1 unspecified atom stereocenters. The SMILES string of the molecule is CC(F)c1cc(-c2cnn(Cc3ccn(C)n3)c2)ccc1Cl. The fraction of sp³-hybridized carbons (Fsp3) is 0.250. The number of aromatic nitrogens is 4. The molecule has 1 aromatic carbocycles. The van der Waals surface area contributed by atoms with Crippen LogP contribution in [0.15, 0.2) is 42.9 Å². The van der Waals surface area contributed by atoms with E-state index in [2.05, 4.69) is 10.2 Å². The van der Waals surface area contributed by atoms with Gasteiger partial charge in [-0.25, -0.2) is 4.39 Å². The highest BCUT2D eigenvalue weighted by atomic mass is 35.5. The normalized spacial score (nSPS) is 12.5. The van der Waals surface area contributed by atoms with Gasteiger partial charge in [0.1, 0.15) is 6.17 Å². The standard InChI is InChI=1S/C16H16ClFN4/c1-11(18)15-7-12(3-4-16(15)17)13-8-19-22(9-13)10-14-5-6-21(2)20-14/h3-9,11H,10H2,1-2H3. The lowest BCUT2D eigenvalue weighted by Gasteiger charge is -2.07. The van der Waals surface area contributed by atoms with E-state index in [0.717, 1.165) is 16.8 Å². The van der Waals surface area contributed by atoms with E-state index in [4.69, 9.17) is 11.6 Å². The summed E-state index contributed by atoms with van der Waals surface area (Å²) in [5, 5.41) is 9.10. The molecule has 0 spiro atoms. The summed E-state index contributed by atoms with van der Waals surface area (Å²) in [6.07, 6.45) is 4.48. The number of hydrogen-bond donors (Lipinski definition) is 0. The molecule has 114 valence electrons. The van der Waals surface area contributed by atoms with E-state index >= 15 is 0 Å². The van der Waals surface area contributed by atoms with Crippen LogP contribution in [0.2, 0.25) is 5.02 Å². The Morgan fingerprint density at radius 3 is 2.77 bits per heavy atom. The third-order valence-electron chi connectivity index (χ3n) is 3.48. The molecule has 22 heavy (non-hydrogen) atoms. The lowest BCUT2D eigenvalue weighted by atomic mass is 10.0. The van der Waals surface area contributed by atoms with E-state index in [1.54, 1.807) is 23.0 Å². The van der Waals surface area contributed by atoms with E-state index < -0.39 is 6.17 Å². The van der Waals surface area contributed by atoms with Gasteiger partial charge in [0, 0.05) is 35.6 Å². The van der Waals surface area contributed by atoms with Crippen molar-refractivity contribution in [3.05, 3.63) is 59.1 Å². The first-order chi connectivity index (χ1) is 10.5. The van der Waals surface area contributed by atoms with Crippen molar-refractivity contribution in [2.24, 2.45) is 7.05 Å². The molecule has 6 heteroatoms. The van der Waals surface area contributed by atoms with Crippen LogP contribution in [0.4, 0.5) is 4.39 Å². The van der Waals surface area contributed by atoms with Crippen molar-refractivity contribution in [2.45, 2.75) is 19.6 Å².